The first-order chi connectivity index (χ1) is 3.79. The Morgan fingerprint density at radius 3 is 2.25 bits per heavy atom. The molecule has 0 aliphatic carbocycles. The van der Waals surface area contributed by atoms with Crippen LogP contribution in [0.4, 0.5) is 0 Å². The summed E-state index contributed by atoms with van der Waals surface area (Å²) in [6.45, 7) is 7.15. The van der Waals surface area contributed by atoms with Crippen LogP contribution in [0.1, 0.15) is 6.92 Å². The Morgan fingerprint density at radius 1 is 1.38 bits per heavy atom. The van der Waals surface area contributed by atoms with Gasteiger partial charge < -0.3 is 9.47 Å². The summed E-state index contributed by atoms with van der Waals surface area (Å²) in [7, 11) is 0. The van der Waals surface area contributed by atoms with Crippen LogP contribution in [0.5, 0.6) is 0 Å². The van der Waals surface area contributed by atoms with Gasteiger partial charge in [0.05, 0.1) is 13.2 Å². The van der Waals surface area contributed by atoms with Crippen LogP contribution in [-0.4, -0.2) is 19.5 Å². The number of ether oxygens (including phenoxy) is 2. The smallest absolute Gasteiger partial charge is 0.154 e. The highest BCUT2D eigenvalue weighted by atomic mass is 16.7. The highest BCUT2D eigenvalue weighted by Gasteiger charge is 2.13. The Labute approximate surface area is 49.8 Å². The average Bonchev–Trinajstić information content (AvgIpc) is 1.77. The van der Waals surface area contributed by atoms with E-state index in [4.69, 9.17) is 9.47 Å². The second-order valence-corrected chi connectivity index (χ2v) is 2.10. The maximum atomic E-state index is 5.11. The molecule has 0 spiro atoms. The van der Waals surface area contributed by atoms with Gasteiger partial charge >= 0.3 is 0 Å². The summed E-state index contributed by atoms with van der Waals surface area (Å²) >= 11 is 0. The van der Waals surface area contributed by atoms with E-state index in [0.717, 1.165) is 13.2 Å². The first-order valence-electron chi connectivity index (χ1n) is 2.85. The quantitative estimate of drug-likeness (QED) is 0.465. The van der Waals surface area contributed by atoms with E-state index in [9.17, 15) is 0 Å². The summed E-state index contributed by atoms with van der Waals surface area (Å²) in [6, 6.07) is 0. The zero-order valence-electron chi connectivity index (χ0n) is 5.09. The molecule has 1 aliphatic rings. The fraction of sp³-hybridized carbons (Fsp3) is 0.833. The van der Waals surface area contributed by atoms with Crippen molar-refractivity contribution in [2.24, 2.45) is 5.92 Å². The Kier molecular flexibility index (Phi) is 1.86. The maximum absolute atomic E-state index is 5.11. The molecule has 0 aromatic carbocycles. The van der Waals surface area contributed by atoms with Crippen molar-refractivity contribution in [3.05, 3.63) is 6.92 Å². The molecule has 1 aliphatic heterocycles. The van der Waals surface area contributed by atoms with Crippen LogP contribution >= 0.6 is 0 Å². The van der Waals surface area contributed by atoms with Crippen molar-refractivity contribution >= 4 is 0 Å². The number of rotatable bonds is 0. The second kappa shape index (κ2) is 2.46. The van der Waals surface area contributed by atoms with E-state index < -0.39 is 0 Å². The van der Waals surface area contributed by atoms with Gasteiger partial charge in [0, 0.05) is 5.92 Å². The van der Waals surface area contributed by atoms with Crippen LogP contribution in [0.3, 0.4) is 0 Å². The third kappa shape index (κ3) is 1.46. The van der Waals surface area contributed by atoms with Gasteiger partial charge in [0.15, 0.2) is 6.29 Å². The van der Waals surface area contributed by atoms with Gasteiger partial charge in [0.1, 0.15) is 0 Å². The lowest BCUT2D eigenvalue weighted by Gasteiger charge is -2.24. The van der Waals surface area contributed by atoms with E-state index in [1.165, 1.54) is 0 Å². The monoisotopic (exact) mass is 115 g/mol. The normalized spacial score (nSPS) is 39.8. The zero-order chi connectivity index (χ0) is 5.98. The minimum Gasteiger partial charge on any atom is -0.353 e. The van der Waals surface area contributed by atoms with Crippen molar-refractivity contribution in [2.45, 2.75) is 13.2 Å². The van der Waals surface area contributed by atoms with Gasteiger partial charge in [-0.3, -0.25) is 0 Å². The molecule has 1 heterocycles. The molecular weight excluding hydrogens is 104 g/mol. The maximum Gasteiger partial charge on any atom is 0.154 e. The van der Waals surface area contributed by atoms with E-state index in [1.54, 1.807) is 0 Å². The summed E-state index contributed by atoms with van der Waals surface area (Å²) < 4.78 is 10.2. The van der Waals surface area contributed by atoms with Crippen molar-refractivity contribution in [3.8, 4) is 0 Å². The zero-order valence-corrected chi connectivity index (χ0v) is 5.09. The van der Waals surface area contributed by atoms with Crippen molar-refractivity contribution in [1.82, 2.24) is 0 Å². The van der Waals surface area contributed by atoms with E-state index >= 15 is 0 Å². The van der Waals surface area contributed by atoms with Crippen LogP contribution in [0, 0.1) is 12.8 Å². The average molecular weight is 115 g/mol. The lowest BCUT2D eigenvalue weighted by atomic mass is 10.2. The molecule has 0 aromatic heterocycles. The predicted octanol–water partition coefficient (Wildman–Crippen LogP) is 0.829. The van der Waals surface area contributed by atoms with Crippen molar-refractivity contribution in [2.75, 3.05) is 13.2 Å². The Morgan fingerprint density at radius 2 is 1.88 bits per heavy atom. The number of hydrogen-bond acceptors (Lipinski definition) is 2. The number of hydrogen-bond donors (Lipinski definition) is 0. The molecule has 0 saturated carbocycles. The molecule has 0 amide bonds. The van der Waals surface area contributed by atoms with Gasteiger partial charge in [-0.1, -0.05) is 0 Å². The molecule has 8 heavy (non-hydrogen) atoms. The molecule has 1 rings (SSSR count). The standard InChI is InChI=1S/C6H11O2/c1-5-3-7-6(2)8-4-5/h5-6H,1,3-4H2,2H3. The SMILES string of the molecule is [CH2]C1COC(C)OC1. The molecule has 0 unspecified atom stereocenters. The predicted molar refractivity (Wildman–Crippen MR) is 30.2 cm³/mol. The molecule has 0 aromatic rings. The lowest BCUT2D eigenvalue weighted by molar-refractivity contribution is -0.182. The van der Waals surface area contributed by atoms with Gasteiger partial charge in [0.2, 0.25) is 0 Å². The lowest BCUT2D eigenvalue weighted by Crippen LogP contribution is -2.28. The minimum absolute atomic E-state index is 0.0204. The summed E-state index contributed by atoms with van der Waals surface area (Å²) in [5.41, 5.74) is 0. The molecule has 2 heteroatoms. The molecule has 1 saturated heterocycles. The van der Waals surface area contributed by atoms with Crippen molar-refractivity contribution < 1.29 is 9.47 Å². The van der Waals surface area contributed by atoms with Crippen LogP contribution in [0.25, 0.3) is 0 Å². The summed E-state index contributed by atoms with van der Waals surface area (Å²) in [5.74, 6) is 0.325. The highest BCUT2D eigenvalue weighted by Crippen LogP contribution is 2.08. The van der Waals surface area contributed by atoms with E-state index in [0.29, 0.717) is 5.92 Å². The second-order valence-electron chi connectivity index (χ2n) is 2.10. The minimum atomic E-state index is -0.0204. The summed E-state index contributed by atoms with van der Waals surface area (Å²) in [5, 5.41) is 0. The highest BCUT2D eigenvalue weighted by molar-refractivity contribution is 4.61. The van der Waals surface area contributed by atoms with Gasteiger partial charge in [-0.15, -0.1) is 0 Å². The third-order valence-corrected chi connectivity index (χ3v) is 1.13. The fourth-order valence-electron chi connectivity index (χ4n) is 0.639. The molecule has 1 radical (unpaired) electrons. The van der Waals surface area contributed by atoms with Crippen LogP contribution in [0.15, 0.2) is 0 Å². The summed E-state index contributed by atoms with van der Waals surface area (Å²) in [6.07, 6.45) is -0.0204. The Hall–Kier alpha value is -0.0800. The van der Waals surface area contributed by atoms with Gasteiger partial charge in [-0.2, -0.15) is 0 Å². The van der Waals surface area contributed by atoms with Crippen LogP contribution in [-0.2, 0) is 9.47 Å². The molecule has 0 atom stereocenters. The van der Waals surface area contributed by atoms with Crippen molar-refractivity contribution in [1.29, 1.82) is 0 Å². The van der Waals surface area contributed by atoms with Gasteiger partial charge in [0.25, 0.3) is 0 Å². The van der Waals surface area contributed by atoms with E-state index in [2.05, 4.69) is 6.92 Å². The molecule has 1 fully saturated rings. The first-order valence-corrected chi connectivity index (χ1v) is 2.85. The third-order valence-electron chi connectivity index (χ3n) is 1.13. The molecule has 0 N–H and O–H groups in total. The topological polar surface area (TPSA) is 18.5 Å². The van der Waals surface area contributed by atoms with Gasteiger partial charge in [-0.05, 0) is 13.8 Å². The fourth-order valence-corrected chi connectivity index (χ4v) is 0.639. The molecule has 2 nitrogen and oxygen atoms in total. The summed E-state index contributed by atoms with van der Waals surface area (Å²) in [4.78, 5) is 0. The Balaban J connectivity index is 2.19. The molecule has 47 valence electrons. The Bertz CT molecular complexity index is 54.9. The van der Waals surface area contributed by atoms with Gasteiger partial charge in [-0.25, -0.2) is 0 Å². The largest absolute Gasteiger partial charge is 0.353 e. The van der Waals surface area contributed by atoms with Crippen molar-refractivity contribution in [3.63, 3.8) is 0 Å². The van der Waals surface area contributed by atoms with Crippen LogP contribution < -0.4 is 0 Å². The van der Waals surface area contributed by atoms with E-state index in [1.807, 2.05) is 6.92 Å². The first kappa shape index (κ1) is 6.05. The molecular formula is C6H11O2. The molecule has 0 bridgehead atoms. The van der Waals surface area contributed by atoms with E-state index in [-0.39, 0.29) is 6.29 Å². The van der Waals surface area contributed by atoms with Crippen LogP contribution in [0.2, 0.25) is 0 Å².